The van der Waals surface area contributed by atoms with Crippen LogP contribution in [-0.2, 0) is 17.8 Å². The molecule has 16 heteroatoms. The molecular formula is C31H32F3N7O6. The van der Waals surface area contributed by atoms with Crippen LogP contribution in [-0.4, -0.2) is 80.8 Å². The standard InChI is InChI=1S/C31H32F3N7O6/c1-4-20-25(39-12-14-40(15-13-39)30(45)24-21(42)6-5-10-36-24)26(44)27-28(38-29(47-27)19-8-11-35-23(16-19)46-3)41(20)17-22(43)37-18(2)7-9-31(32,33)34/h5-6,8,10-11,16,42H,2,4,7,9,12-15,17H2,1,3H3,(H,37,43). The maximum absolute atomic E-state index is 14.1. The number of rotatable bonds is 10. The lowest BCUT2D eigenvalue weighted by atomic mass is 10.1. The largest absolute Gasteiger partial charge is 0.505 e. The third-order valence-electron chi connectivity index (χ3n) is 7.61. The van der Waals surface area contributed by atoms with Gasteiger partial charge in [0, 0.05) is 68.0 Å². The van der Waals surface area contributed by atoms with Crippen molar-refractivity contribution in [3.63, 3.8) is 0 Å². The van der Waals surface area contributed by atoms with E-state index < -0.39 is 42.8 Å². The summed E-state index contributed by atoms with van der Waals surface area (Å²) < 4.78 is 50.9. The van der Waals surface area contributed by atoms with Gasteiger partial charge in [0.1, 0.15) is 18.0 Å². The Morgan fingerprint density at radius 2 is 1.89 bits per heavy atom. The molecule has 5 heterocycles. The molecule has 1 fully saturated rings. The molecule has 5 rings (SSSR count). The molecule has 1 aliphatic heterocycles. The van der Waals surface area contributed by atoms with E-state index in [1.54, 1.807) is 24.0 Å². The molecule has 1 saturated heterocycles. The highest BCUT2D eigenvalue weighted by Crippen LogP contribution is 2.30. The normalized spacial score (nSPS) is 13.6. The van der Waals surface area contributed by atoms with E-state index in [9.17, 15) is 32.7 Å². The molecule has 1 aliphatic rings. The van der Waals surface area contributed by atoms with Crippen molar-refractivity contribution in [1.82, 2.24) is 29.7 Å². The molecule has 2 N–H and O–H groups in total. The predicted molar refractivity (Wildman–Crippen MR) is 164 cm³/mol. The number of carbonyl (C=O) groups excluding carboxylic acids is 2. The number of allylic oxidation sites excluding steroid dienone is 1. The number of oxazole rings is 1. The molecule has 47 heavy (non-hydrogen) atoms. The van der Waals surface area contributed by atoms with Crippen molar-refractivity contribution in [2.45, 2.75) is 38.9 Å². The third kappa shape index (κ3) is 7.21. The number of nitrogens with zero attached hydrogens (tertiary/aromatic N) is 6. The van der Waals surface area contributed by atoms with Crippen LogP contribution in [0.5, 0.6) is 11.6 Å². The number of halogens is 3. The highest BCUT2D eigenvalue weighted by Gasteiger charge is 2.31. The van der Waals surface area contributed by atoms with Crippen LogP contribution >= 0.6 is 0 Å². The molecule has 0 aliphatic carbocycles. The topological polar surface area (TPSA) is 156 Å². The molecule has 248 valence electrons. The van der Waals surface area contributed by atoms with E-state index >= 15 is 0 Å². The van der Waals surface area contributed by atoms with Crippen LogP contribution in [0.4, 0.5) is 18.9 Å². The Bertz CT molecular complexity index is 1880. The molecule has 4 aromatic heterocycles. The summed E-state index contributed by atoms with van der Waals surface area (Å²) in [4.78, 5) is 56.2. The molecule has 0 saturated carbocycles. The van der Waals surface area contributed by atoms with E-state index in [2.05, 4.69) is 26.8 Å². The average Bonchev–Trinajstić information content (AvgIpc) is 3.51. The summed E-state index contributed by atoms with van der Waals surface area (Å²) >= 11 is 0. The SMILES string of the molecule is C=C(CCC(F)(F)F)NC(=O)Cn1c(CC)c(N2CCN(C(=O)c3ncccc3O)CC2)c(=O)c2oc(-c3ccnc(OC)c3)nc21. The van der Waals surface area contributed by atoms with Gasteiger partial charge >= 0.3 is 6.18 Å². The second kappa shape index (κ2) is 13.5. The van der Waals surface area contributed by atoms with Crippen LogP contribution in [0.1, 0.15) is 35.9 Å². The number of fused-ring (bicyclic) bond motifs is 1. The number of hydrogen-bond donors (Lipinski definition) is 2. The van der Waals surface area contributed by atoms with Gasteiger partial charge in [-0.05, 0) is 31.0 Å². The summed E-state index contributed by atoms with van der Waals surface area (Å²) in [5, 5.41) is 12.5. The van der Waals surface area contributed by atoms with E-state index in [-0.39, 0.29) is 78.4 Å². The van der Waals surface area contributed by atoms with Gasteiger partial charge in [0.25, 0.3) is 5.91 Å². The Morgan fingerprint density at radius 1 is 1.15 bits per heavy atom. The van der Waals surface area contributed by atoms with Crippen molar-refractivity contribution in [2.75, 3.05) is 38.2 Å². The number of amides is 2. The van der Waals surface area contributed by atoms with Gasteiger partial charge in [0.15, 0.2) is 11.3 Å². The molecule has 0 aromatic carbocycles. The fraction of sp³-hybridized carbons (Fsp3) is 0.355. The molecular weight excluding hydrogens is 623 g/mol. The van der Waals surface area contributed by atoms with Crippen LogP contribution in [0, 0.1) is 0 Å². The second-order valence-corrected chi connectivity index (χ2v) is 10.7. The minimum absolute atomic E-state index is 0.0614. The summed E-state index contributed by atoms with van der Waals surface area (Å²) in [6.07, 6.45) is -2.89. The minimum Gasteiger partial charge on any atom is -0.505 e. The lowest BCUT2D eigenvalue weighted by Gasteiger charge is -2.36. The maximum Gasteiger partial charge on any atom is 0.389 e. The highest BCUT2D eigenvalue weighted by atomic mass is 19.4. The van der Waals surface area contributed by atoms with Gasteiger partial charge in [-0.2, -0.15) is 18.2 Å². The monoisotopic (exact) mass is 655 g/mol. The van der Waals surface area contributed by atoms with Gasteiger partial charge < -0.3 is 33.9 Å². The summed E-state index contributed by atoms with van der Waals surface area (Å²) in [5.74, 6) is -1.02. The van der Waals surface area contributed by atoms with Gasteiger partial charge in [0.05, 0.1) is 7.11 Å². The molecule has 0 spiro atoms. The number of methoxy groups -OCH3 is 1. The predicted octanol–water partition coefficient (Wildman–Crippen LogP) is 3.66. The van der Waals surface area contributed by atoms with Crippen LogP contribution < -0.4 is 20.4 Å². The number of piperazine rings is 1. The second-order valence-electron chi connectivity index (χ2n) is 10.7. The number of carbonyl (C=O) groups is 2. The summed E-state index contributed by atoms with van der Waals surface area (Å²) in [7, 11) is 1.44. The number of pyridine rings is 3. The Balaban J connectivity index is 1.51. The van der Waals surface area contributed by atoms with Crippen LogP contribution in [0.2, 0.25) is 0 Å². The fourth-order valence-corrected chi connectivity index (χ4v) is 5.35. The van der Waals surface area contributed by atoms with E-state index in [1.165, 1.54) is 41.1 Å². The molecule has 0 atom stereocenters. The molecule has 4 aromatic rings. The summed E-state index contributed by atoms with van der Waals surface area (Å²) in [5.41, 5.74) is 0.398. The Labute approximate surface area is 266 Å². The van der Waals surface area contributed by atoms with Gasteiger partial charge in [-0.25, -0.2) is 9.97 Å². The van der Waals surface area contributed by atoms with Crippen molar-refractivity contribution < 1.29 is 37.0 Å². The number of hydrogen-bond acceptors (Lipinski definition) is 10. The van der Waals surface area contributed by atoms with Gasteiger partial charge in [-0.1, -0.05) is 13.5 Å². The highest BCUT2D eigenvalue weighted by molar-refractivity contribution is 5.95. The molecule has 0 bridgehead atoms. The molecule has 0 unspecified atom stereocenters. The van der Waals surface area contributed by atoms with E-state index in [0.717, 1.165) is 0 Å². The maximum atomic E-state index is 14.1. The van der Waals surface area contributed by atoms with Crippen molar-refractivity contribution in [1.29, 1.82) is 0 Å². The zero-order valence-corrected chi connectivity index (χ0v) is 25.6. The Morgan fingerprint density at radius 3 is 2.55 bits per heavy atom. The van der Waals surface area contributed by atoms with Crippen molar-refractivity contribution in [2.24, 2.45) is 0 Å². The molecule has 13 nitrogen and oxygen atoms in total. The van der Waals surface area contributed by atoms with Gasteiger partial charge in [-0.3, -0.25) is 14.4 Å². The number of ether oxygens (including phenoxy) is 1. The van der Waals surface area contributed by atoms with Crippen LogP contribution in [0.25, 0.3) is 22.7 Å². The third-order valence-corrected chi connectivity index (χ3v) is 7.61. The van der Waals surface area contributed by atoms with Crippen LogP contribution in [0.3, 0.4) is 0 Å². The summed E-state index contributed by atoms with van der Waals surface area (Å²) in [6.45, 7) is 5.81. The number of anilines is 1. The van der Waals surface area contributed by atoms with Gasteiger partial charge in [0.2, 0.25) is 28.7 Å². The van der Waals surface area contributed by atoms with E-state index in [0.29, 0.717) is 11.3 Å². The first-order valence-corrected chi connectivity index (χ1v) is 14.7. The van der Waals surface area contributed by atoms with E-state index in [4.69, 9.17) is 9.15 Å². The van der Waals surface area contributed by atoms with Crippen LogP contribution in [0.15, 0.2) is 58.1 Å². The van der Waals surface area contributed by atoms with E-state index in [1.807, 2.05) is 0 Å². The number of nitrogens with one attached hydrogen (secondary N) is 1. The first kappa shape index (κ1) is 33.0. The minimum atomic E-state index is -4.41. The molecule has 2 amide bonds. The molecule has 0 radical (unpaired) electrons. The van der Waals surface area contributed by atoms with Gasteiger partial charge in [-0.15, -0.1) is 0 Å². The number of aromatic hydroxyl groups is 1. The number of alkyl halides is 3. The van der Waals surface area contributed by atoms with Crippen molar-refractivity contribution in [3.05, 3.63) is 70.5 Å². The quantitative estimate of drug-likeness (QED) is 0.259. The lowest BCUT2D eigenvalue weighted by molar-refractivity contribution is -0.134. The fourth-order valence-electron chi connectivity index (χ4n) is 5.35. The zero-order valence-electron chi connectivity index (χ0n) is 25.6. The smallest absolute Gasteiger partial charge is 0.389 e. The average molecular weight is 656 g/mol. The first-order valence-electron chi connectivity index (χ1n) is 14.7. The van der Waals surface area contributed by atoms with Crippen molar-refractivity contribution >= 4 is 28.7 Å². The first-order chi connectivity index (χ1) is 22.4. The lowest BCUT2D eigenvalue weighted by Crippen LogP contribution is -2.50. The zero-order chi connectivity index (χ0) is 33.9. The number of aromatic nitrogens is 4. The van der Waals surface area contributed by atoms with Crippen molar-refractivity contribution in [3.8, 4) is 23.1 Å². The summed E-state index contributed by atoms with van der Waals surface area (Å²) in [6, 6.07) is 6.05. The Kier molecular flexibility index (Phi) is 9.49. The Hall–Kier alpha value is -5.41.